The molecule has 0 bridgehead atoms. The fraction of sp³-hybridized carbons (Fsp3) is 0.938. The Morgan fingerprint density at radius 3 is 2.55 bits per heavy atom. The molecule has 2 aliphatic heterocycles. The third-order valence-electron chi connectivity index (χ3n) is 5.69. The maximum Gasteiger partial charge on any atom is 0.239 e. The average molecular weight is 280 g/mol. The summed E-state index contributed by atoms with van der Waals surface area (Å²) in [5.41, 5.74) is 0. The number of fused-ring (bicyclic) bond motifs is 1. The van der Waals surface area contributed by atoms with Crippen molar-refractivity contribution in [2.45, 2.75) is 70.1 Å². The van der Waals surface area contributed by atoms with E-state index >= 15 is 0 Å². The second-order valence-electron chi connectivity index (χ2n) is 7.01. The van der Waals surface area contributed by atoms with Crippen LogP contribution in [0.3, 0.4) is 0 Å². The van der Waals surface area contributed by atoms with Gasteiger partial charge in [-0.25, -0.2) is 0 Å². The van der Waals surface area contributed by atoms with Crippen LogP contribution in [-0.2, 0) is 4.79 Å². The lowest BCUT2D eigenvalue weighted by atomic mass is 9.85. The summed E-state index contributed by atoms with van der Waals surface area (Å²) >= 11 is 0. The van der Waals surface area contributed by atoms with E-state index in [1.165, 1.54) is 25.7 Å². The molecule has 4 atom stereocenters. The van der Waals surface area contributed by atoms with Gasteiger partial charge in [0.25, 0.3) is 0 Å². The van der Waals surface area contributed by atoms with Crippen molar-refractivity contribution in [1.29, 1.82) is 0 Å². The van der Waals surface area contributed by atoms with E-state index in [0.29, 0.717) is 17.9 Å². The lowest BCUT2D eigenvalue weighted by Crippen LogP contribution is -2.49. The summed E-state index contributed by atoms with van der Waals surface area (Å²) < 4.78 is 0. The van der Waals surface area contributed by atoms with Crippen LogP contribution in [0.15, 0.2) is 0 Å². The van der Waals surface area contributed by atoms with Crippen molar-refractivity contribution < 1.29 is 9.90 Å². The van der Waals surface area contributed by atoms with Crippen molar-refractivity contribution in [1.82, 2.24) is 10.2 Å². The van der Waals surface area contributed by atoms with Crippen LogP contribution in [0.1, 0.15) is 51.9 Å². The molecular weight excluding hydrogens is 252 g/mol. The van der Waals surface area contributed by atoms with Crippen LogP contribution in [0.5, 0.6) is 0 Å². The zero-order valence-electron chi connectivity index (χ0n) is 12.6. The van der Waals surface area contributed by atoms with Gasteiger partial charge in [-0.15, -0.1) is 0 Å². The Bertz CT molecular complexity index is 336. The van der Waals surface area contributed by atoms with E-state index in [9.17, 15) is 9.90 Å². The minimum atomic E-state index is -0.236. The van der Waals surface area contributed by atoms with Gasteiger partial charge in [0.1, 0.15) is 0 Å². The van der Waals surface area contributed by atoms with E-state index < -0.39 is 0 Å². The molecule has 3 rings (SSSR count). The number of nitrogens with zero attached hydrogens (tertiary/aromatic N) is 1. The van der Waals surface area contributed by atoms with Gasteiger partial charge >= 0.3 is 0 Å². The van der Waals surface area contributed by atoms with Crippen LogP contribution < -0.4 is 5.32 Å². The largest absolute Gasteiger partial charge is 0.393 e. The number of aliphatic hydroxyl groups excluding tert-OH is 1. The summed E-state index contributed by atoms with van der Waals surface area (Å²) in [6, 6.07) is 0.652. The Labute approximate surface area is 121 Å². The lowest BCUT2D eigenvalue weighted by molar-refractivity contribution is -0.135. The molecule has 2 N–H and O–H groups in total. The average Bonchev–Trinajstić information content (AvgIpc) is 2.90. The van der Waals surface area contributed by atoms with Gasteiger partial charge in [0.2, 0.25) is 5.91 Å². The highest BCUT2D eigenvalue weighted by Gasteiger charge is 2.40. The van der Waals surface area contributed by atoms with Crippen molar-refractivity contribution >= 4 is 5.91 Å². The van der Waals surface area contributed by atoms with Gasteiger partial charge in [0.15, 0.2) is 0 Å². The fourth-order valence-corrected chi connectivity index (χ4v) is 4.33. The van der Waals surface area contributed by atoms with Gasteiger partial charge in [-0.1, -0.05) is 12.8 Å². The third kappa shape index (κ3) is 2.86. The summed E-state index contributed by atoms with van der Waals surface area (Å²) in [6.07, 6.45) is 7.90. The number of hydrogen-bond acceptors (Lipinski definition) is 3. The molecule has 3 fully saturated rings. The molecule has 0 radical (unpaired) electrons. The number of aliphatic hydroxyl groups is 1. The molecule has 1 saturated carbocycles. The van der Waals surface area contributed by atoms with Crippen LogP contribution >= 0.6 is 0 Å². The number of amides is 1. The van der Waals surface area contributed by atoms with Crippen LogP contribution in [-0.4, -0.2) is 47.2 Å². The maximum atomic E-state index is 12.6. The van der Waals surface area contributed by atoms with Crippen LogP contribution in [0.4, 0.5) is 0 Å². The number of nitrogens with one attached hydrogen (secondary N) is 1. The first-order valence-corrected chi connectivity index (χ1v) is 8.38. The molecular formula is C16H28N2O2. The predicted octanol–water partition coefficient (Wildman–Crippen LogP) is 1.53. The Morgan fingerprint density at radius 1 is 1.20 bits per heavy atom. The molecule has 0 aromatic heterocycles. The Kier molecular flexibility index (Phi) is 4.32. The normalized spacial score (nSPS) is 36.7. The molecule has 20 heavy (non-hydrogen) atoms. The van der Waals surface area contributed by atoms with Crippen molar-refractivity contribution in [3.8, 4) is 0 Å². The van der Waals surface area contributed by atoms with Gasteiger partial charge in [0.05, 0.1) is 12.1 Å². The Hall–Kier alpha value is -0.610. The van der Waals surface area contributed by atoms with Crippen LogP contribution in [0, 0.1) is 11.8 Å². The first kappa shape index (κ1) is 14.3. The van der Waals surface area contributed by atoms with E-state index in [1.54, 1.807) is 0 Å². The molecule has 0 unspecified atom stereocenters. The van der Waals surface area contributed by atoms with Crippen molar-refractivity contribution in [3.05, 3.63) is 0 Å². The molecule has 4 nitrogen and oxygen atoms in total. The third-order valence-corrected chi connectivity index (χ3v) is 5.69. The smallest absolute Gasteiger partial charge is 0.239 e. The van der Waals surface area contributed by atoms with Gasteiger partial charge in [-0.05, 0) is 50.9 Å². The second-order valence-corrected chi connectivity index (χ2v) is 7.01. The van der Waals surface area contributed by atoms with Crippen molar-refractivity contribution in [2.24, 2.45) is 11.8 Å². The SMILES string of the molecule is C[C@@H](O)C1CCN(C(=O)[C@@H]2C[C@@H]3CCCC[C@@H]3N2)CC1. The van der Waals surface area contributed by atoms with E-state index in [0.717, 1.165) is 38.3 Å². The summed E-state index contributed by atoms with van der Waals surface area (Å²) in [6.45, 7) is 3.51. The summed E-state index contributed by atoms with van der Waals surface area (Å²) in [7, 11) is 0. The first-order valence-electron chi connectivity index (χ1n) is 8.38. The molecule has 4 heteroatoms. The number of likely N-dealkylation sites (tertiary alicyclic amines) is 1. The highest BCUT2D eigenvalue weighted by Crippen LogP contribution is 2.34. The predicted molar refractivity (Wildman–Crippen MR) is 78.3 cm³/mol. The van der Waals surface area contributed by atoms with E-state index in [1.807, 2.05) is 11.8 Å². The van der Waals surface area contributed by atoms with Crippen molar-refractivity contribution in [2.75, 3.05) is 13.1 Å². The standard InChI is InChI=1S/C16H28N2O2/c1-11(19)12-6-8-18(9-7-12)16(20)15-10-13-4-2-3-5-14(13)17-15/h11-15,17,19H,2-10H2,1H3/t11-,13+,14+,15+/m1/s1. The Balaban J connectivity index is 1.52. The minimum Gasteiger partial charge on any atom is -0.393 e. The minimum absolute atomic E-state index is 0.0613. The molecule has 0 aromatic carbocycles. The highest BCUT2D eigenvalue weighted by molar-refractivity contribution is 5.82. The molecule has 3 aliphatic rings. The highest BCUT2D eigenvalue weighted by atomic mass is 16.3. The van der Waals surface area contributed by atoms with Crippen molar-refractivity contribution in [3.63, 3.8) is 0 Å². The molecule has 114 valence electrons. The number of hydrogen-bond donors (Lipinski definition) is 2. The lowest BCUT2D eigenvalue weighted by Gasteiger charge is -2.34. The van der Waals surface area contributed by atoms with E-state index in [2.05, 4.69) is 5.32 Å². The zero-order chi connectivity index (χ0) is 14.1. The molecule has 0 aromatic rings. The van der Waals surface area contributed by atoms with Crippen LogP contribution in [0.2, 0.25) is 0 Å². The molecule has 2 saturated heterocycles. The molecule has 0 spiro atoms. The fourth-order valence-electron chi connectivity index (χ4n) is 4.33. The van der Waals surface area contributed by atoms with E-state index in [-0.39, 0.29) is 12.1 Å². The van der Waals surface area contributed by atoms with Gasteiger partial charge in [-0.3, -0.25) is 4.79 Å². The number of rotatable bonds is 2. The topological polar surface area (TPSA) is 52.6 Å². The monoisotopic (exact) mass is 280 g/mol. The zero-order valence-corrected chi connectivity index (χ0v) is 12.6. The van der Waals surface area contributed by atoms with Crippen LogP contribution in [0.25, 0.3) is 0 Å². The second kappa shape index (κ2) is 6.02. The Morgan fingerprint density at radius 2 is 1.90 bits per heavy atom. The number of carbonyl (C=O) groups excluding carboxylic acids is 1. The molecule has 2 heterocycles. The number of carbonyl (C=O) groups is 1. The summed E-state index contributed by atoms with van der Waals surface area (Å²) in [4.78, 5) is 14.6. The van der Waals surface area contributed by atoms with Gasteiger partial charge in [0, 0.05) is 19.1 Å². The first-order chi connectivity index (χ1) is 9.65. The quantitative estimate of drug-likeness (QED) is 0.806. The molecule has 1 amide bonds. The van der Waals surface area contributed by atoms with E-state index in [4.69, 9.17) is 0 Å². The summed E-state index contributed by atoms with van der Waals surface area (Å²) in [5, 5.41) is 13.2. The summed E-state index contributed by atoms with van der Waals surface area (Å²) in [5.74, 6) is 1.41. The molecule has 1 aliphatic carbocycles. The number of piperidine rings is 1. The van der Waals surface area contributed by atoms with Gasteiger partial charge in [-0.2, -0.15) is 0 Å². The van der Waals surface area contributed by atoms with Gasteiger partial charge < -0.3 is 15.3 Å². The maximum absolute atomic E-state index is 12.6.